The third kappa shape index (κ3) is 2.41. The molecule has 2 aromatic carbocycles. The normalized spacial score (nSPS) is 19.8. The molecule has 2 unspecified atom stereocenters. The third-order valence-electron chi connectivity index (χ3n) is 4.08. The van der Waals surface area contributed by atoms with Gasteiger partial charge in [-0.1, -0.05) is 36.4 Å². The fourth-order valence-corrected chi connectivity index (χ4v) is 3.11. The van der Waals surface area contributed by atoms with E-state index in [1.165, 1.54) is 17.2 Å². The Bertz CT molecular complexity index is 579. The molecule has 1 aliphatic rings. The number of hydrogen-bond acceptors (Lipinski definition) is 1. The summed E-state index contributed by atoms with van der Waals surface area (Å²) in [6, 6.07) is 15.0. The molecule has 1 nitrogen and oxygen atoms in total. The summed E-state index contributed by atoms with van der Waals surface area (Å²) >= 11 is 0. The van der Waals surface area contributed by atoms with E-state index in [1.807, 2.05) is 6.07 Å². The van der Waals surface area contributed by atoms with Gasteiger partial charge in [0.1, 0.15) is 5.82 Å². The molecular weight excluding hydrogens is 237 g/mol. The fourth-order valence-electron chi connectivity index (χ4n) is 3.11. The Labute approximate surface area is 113 Å². The second-order valence-electron chi connectivity index (χ2n) is 5.28. The number of nitrogens with two attached hydrogens (primary N) is 1. The van der Waals surface area contributed by atoms with Crippen LogP contribution in [0.5, 0.6) is 0 Å². The lowest BCUT2D eigenvalue weighted by Gasteiger charge is -2.30. The number of benzene rings is 2. The predicted octanol–water partition coefficient (Wildman–Crippen LogP) is 3.95. The molecule has 2 atom stereocenters. The van der Waals surface area contributed by atoms with Crippen molar-refractivity contribution in [3.8, 4) is 0 Å². The first-order chi connectivity index (χ1) is 9.25. The van der Waals surface area contributed by atoms with E-state index < -0.39 is 0 Å². The van der Waals surface area contributed by atoms with Crippen LogP contribution in [0.4, 0.5) is 4.39 Å². The van der Waals surface area contributed by atoms with E-state index in [0.29, 0.717) is 5.92 Å². The van der Waals surface area contributed by atoms with Crippen LogP contribution in [0.25, 0.3) is 0 Å². The first-order valence-corrected chi connectivity index (χ1v) is 6.84. The van der Waals surface area contributed by atoms with Crippen LogP contribution in [0.2, 0.25) is 0 Å². The van der Waals surface area contributed by atoms with Gasteiger partial charge in [0.15, 0.2) is 0 Å². The summed E-state index contributed by atoms with van der Waals surface area (Å²) in [6.07, 6.45) is 3.36. The van der Waals surface area contributed by atoms with Crippen LogP contribution >= 0.6 is 0 Å². The number of fused-ring (bicyclic) bond motifs is 1. The van der Waals surface area contributed by atoms with Crippen molar-refractivity contribution in [3.05, 3.63) is 71.0 Å². The molecule has 1 aliphatic carbocycles. The van der Waals surface area contributed by atoms with E-state index in [9.17, 15) is 4.39 Å². The highest BCUT2D eigenvalue weighted by atomic mass is 19.1. The summed E-state index contributed by atoms with van der Waals surface area (Å²) in [4.78, 5) is 0. The average Bonchev–Trinajstić information content (AvgIpc) is 2.46. The first kappa shape index (κ1) is 12.4. The number of halogens is 1. The molecule has 0 aromatic heterocycles. The minimum atomic E-state index is -0.211. The van der Waals surface area contributed by atoms with E-state index >= 15 is 0 Å². The molecule has 0 bridgehead atoms. The Hall–Kier alpha value is -1.67. The SMILES string of the molecule is NC(c1cccc(F)c1)C1CCCc2ccccc21. The first-order valence-electron chi connectivity index (χ1n) is 6.84. The van der Waals surface area contributed by atoms with Gasteiger partial charge in [0.05, 0.1) is 0 Å². The zero-order valence-corrected chi connectivity index (χ0v) is 10.9. The monoisotopic (exact) mass is 255 g/mol. The van der Waals surface area contributed by atoms with Gasteiger partial charge in [-0.25, -0.2) is 4.39 Å². The van der Waals surface area contributed by atoms with Crippen molar-refractivity contribution < 1.29 is 4.39 Å². The Morgan fingerprint density at radius 1 is 1.11 bits per heavy atom. The Morgan fingerprint density at radius 3 is 2.79 bits per heavy atom. The second kappa shape index (κ2) is 5.14. The summed E-state index contributed by atoms with van der Waals surface area (Å²) < 4.78 is 13.3. The third-order valence-corrected chi connectivity index (χ3v) is 4.08. The van der Waals surface area contributed by atoms with Crippen LogP contribution in [0.15, 0.2) is 48.5 Å². The average molecular weight is 255 g/mol. The standard InChI is InChI=1S/C17H18FN/c18-14-8-3-7-13(11-14)17(19)16-10-4-6-12-5-1-2-9-15(12)16/h1-3,5,7-9,11,16-17H,4,6,10,19H2. The maximum Gasteiger partial charge on any atom is 0.123 e. The minimum absolute atomic E-state index is 0.128. The van der Waals surface area contributed by atoms with Crippen LogP contribution in [-0.4, -0.2) is 0 Å². The van der Waals surface area contributed by atoms with Crippen molar-refractivity contribution in [1.82, 2.24) is 0 Å². The second-order valence-corrected chi connectivity index (χ2v) is 5.28. The highest BCUT2D eigenvalue weighted by Crippen LogP contribution is 2.38. The molecule has 0 fully saturated rings. The van der Waals surface area contributed by atoms with Crippen molar-refractivity contribution in [2.45, 2.75) is 31.2 Å². The number of hydrogen-bond donors (Lipinski definition) is 1. The van der Waals surface area contributed by atoms with E-state index in [-0.39, 0.29) is 11.9 Å². The predicted molar refractivity (Wildman–Crippen MR) is 75.4 cm³/mol. The van der Waals surface area contributed by atoms with E-state index in [4.69, 9.17) is 5.73 Å². The Balaban J connectivity index is 1.95. The fraction of sp³-hybridized carbons (Fsp3) is 0.294. The molecule has 2 aromatic rings. The molecule has 98 valence electrons. The lowest BCUT2D eigenvalue weighted by atomic mass is 9.77. The van der Waals surface area contributed by atoms with E-state index in [1.54, 1.807) is 12.1 Å². The molecule has 0 saturated heterocycles. The summed E-state index contributed by atoms with van der Waals surface area (Å²) in [6.45, 7) is 0. The van der Waals surface area contributed by atoms with Crippen molar-refractivity contribution in [3.63, 3.8) is 0 Å². The molecule has 19 heavy (non-hydrogen) atoms. The highest BCUT2D eigenvalue weighted by Gasteiger charge is 2.26. The van der Waals surface area contributed by atoms with Crippen LogP contribution < -0.4 is 5.73 Å². The Morgan fingerprint density at radius 2 is 1.95 bits per heavy atom. The van der Waals surface area contributed by atoms with Gasteiger partial charge in [0.2, 0.25) is 0 Å². The Kier molecular flexibility index (Phi) is 3.34. The maximum atomic E-state index is 13.3. The van der Waals surface area contributed by atoms with Gasteiger partial charge in [-0.2, -0.15) is 0 Å². The van der Waals surface area contributed by atoms with Crippen molar-refractivity contribution >= 4 is 0 Å². The van der Waals surface area contributed by atoms with Crippen LogP contribution in [0, 0.1) is 5.82 Å². The lowest BCUT2D eigenvalue weighted by Crippen LogP contribution is -2.23. The van der Waals surface area contributed by atoms with Gasteiger partial charge in [-0.05, 0) is 48.1 Å². The molecule has 2 heteroatoms. The molecule has 2 N–H and O–H groups in total. The highest BCUT2D eigenvalue weighted by molar-refractivity contribution is 5.36. The minimum Gasteiger partial charge on any atom is -0.323 e. The van der Waals surface area contributed by atoms with Gasteiger partial charge in [-0.15, -0.1) is 0 Å². The van der Waals surface area contributed by atoms with Gasteiger partial charge >= 0.3 is 0 Å². The summed E-state index contributed by atoms with van der Waals surface area (Å²) in [5.41, 5.74) is 10.0. The molecule has 0 spiro atoms. The van der Waals surface area contributed by atoms with E-state index in [0.717, 1.165) is 24.8 Å². The van der Waals surface area contributed by atoms with Gasteiger partial charge in [0, 0.05) is 12.0 Å². The van der Waals surface area contributed by atoms with Crippen molar-refractivity contribution in [1.29, 1.82) is 0 Å². The number of aryl methyl sites for hydroxylation is 1. The lowest BCUT2D eigenvalue weighted by molar-refractivity contribution is 0.472. The number of rotatable bonds is 2. The zero-order valence-electron chi connectivity index (χ0n) is 10.9. The van der Waals surface area contributed by atoms with Gasteiger partial charge < -0.3 is 5.73 Å². The topological polar surface area (TPSA) is 26.0 Å². The molecule has 0 heterocycles. The summed E-state index contributed by atoms with van der Waals surface area (Å²) in [5, 5.41) is 0. The van der Waals surface area contributed by atoms with Crippen LogP contribution in [-0.2, 0) is 6.42 Å². The zero-order chi connectivity index (χ0) is 13.2. The van der Waals surface area contributed by atoms with Crippen molar-refractivity contribution in [2.24, 2.45) is 5.73 Å². The van der Waals surface area contributed by atoms with E-state index in [2.05, 4.69) is 24.3 Å². The summed E-state index contributed by atoms with van der Waals surface area (Å²) in [5.74, 6) is 0.0868. The van der Waals surface area contributed by atoms with Gasteiger partial charge in [-0.3, -0.25) is 0 Å². The maximum absolute atomic E-state index is 13.3. The molecule has 0 saturated carbocycles. The van der Waals surface area contributed by atoms with Crippen LogP contribution in [0.1, 0.15) is 41.5 Å². The van der Waals surface area contributed by atoms with Gasteiger partial charge in [0.25, 0.3) is 0 Å². The van der Waals surface area contributed by atoms with Crippen LogP contribution in [0.3, 0.4) is 0 Å². The molecular formula is C17H18FN. The molecule has 0 aliphatic heterocycles. The molecule has 3 rings (SSSR count). The quantitative estimate of drug-likeness (QED) is 0.864. The largest absolute Gasteiger partial charge is 0.323 e. The van der Waals surface area contributed by atoms with Crippen molar-refractivity contribution in [2.75, 3.05) is 0 Å². The smallest absolute Gasteiger partial charge is 0.123 e. The summed E-state index contributed by atoms with van der Waals surface area (Å²) in [7, 11) is 0. The molecule has 0 radical (unpaired) electrons. The molecule has 0 amide bonds.